The van der Waals surface area contributed by atoms with Crippen molar-refractivity contribution in [1.29, 1.82) is 0 Å². The topological polar surface area (TPSA) is 93.3 Å². The van der Waals surface area contributed by atoms with Gasteiger partial charge in [0, 0.05) is 76.3 Å². The van der Waals surface area contributed by atoms with Gasteiger partial charge in [0.1, 0.15) is 5.82 Å². The van der Waals surface area contributed by atoms with Crippen LogP contribution in [0, 0.1) is 30.5 Å². The second-order valence-electron chi connectivity index (χ2n) is 12.4. The molecule has 0 bridgehead atoms. The first-order valence-electron chi connectivity index (χ1n) is 15.4. The van der Waals surface area contributed by atoms with E-state index in [9.17, 15) is 23.6 Å². The quantitative estimate of drug-likeness (QED) is 0.469. The zero-order valence-corrected chi connectivity index (χ0v) is 26.4. The number of hydrogen-bond donors (Lipinski definition) is 1. The third-order valence-electron chi connectivity index (χ3n) is 9.25. The monoisotopic (exact) mass is 625 g/mol. The number of benzene rings is 2. The number of hydrogen-bond acceptors (Lipinski definition) is 5. The fourth-order valence-corrected chi connectivity index (χ4v) is 7.01. The first-order valence-corrected chi connectivity index (χ1v) is 15.8. The fraction of sp³-hybridized carbons (Fsp3) is 0.515. The van der Waals surface area contributed by atoms with E-state index in [0.29, 0.717) is 68.0 Å². The molecule has 3 aliphatic heterocycles. The summed E-state index contributed by atoms with van der Waals surface area (Å²) in [6.07, 6.45) is 2.11. The molecule has 3 aliphatic rings. The number of carbonyl (C=O) groups is 4. The van der Waals surface area contributed by atoms with Gasteiger partial charge in [-0.1, -0.05) is 17.7 Å². The highest BCUT2D eigenvalue weighted by Gasteiger charge is 2.42. The molecule has 11 heteroatoms. The number of amides is 4. The molecule has 3 fully saturated rings. The Morgan fingerprint density at radius 2 is 1.64 bits per heavy atom. The van der Waals surface area contributed by atoms with E-state index in [2.05, 4.69) is 10.2 Å². The zero-order valence-electron chi connectivity index (χ0n) is 25.7. The molecule has 4 amide bonds. The van der Waals surface area contributed by atoms with Gasteiger partial charge in [0.2, 0.25) is 17.7 Å². The third-order valence-corrected chi connectivity index (χ3v) is 9.66. The summed E-state index contributed by atoms with van der Waals surface area (Å²) in [6.45, 7) is 10.4. The first kappa shape index (κ1) is 31.9. The normalized spacial score (nSPS) is 20.5. The standard InChI is InChI=1S/C33H41ClFN5O4/c1-21-5-7-28(16-30(21)34)40(32(43)24-9-13-38(14-10-24)23(3)42)12-4-11-37-17-25-19-39(20-26(25)18-37)33(44)29-8-6-27(35)15-31(29)36-22(2)41/h5-8,15-16,24-26H,4,9-14,17-20H2,1-3H3,(H,36,41). The van der Waals surface area contributed by atoms with E-state index >= 15 is 0 Å². The summed E-state index contributed by atoms with van der Waals surface area (Å²) in [5.41, 5.74) is 2.25. The molecule has 3 heterocycles. The minimum Gasteiger partial charge on any atom is -0.343 e. The highest BCUT2D eigenvalue weighted by molar-refractivity contribution is 6.31. The number of aryl methyl sites for hydroxylation is 1. The van der Waals surface area contributed by atoms with Crippen molar-refractivity contribution in [2.75, 3.05) is 62.6 Å². The van der Waals surface area contributed by atoms with E-state index in [-0.39, 0.29) is 35.2 Å². The largest absolute Gasteiger partial charge is 0.343 e. The highest BCUT2D eigenvalue weighted by atomic mass is 35.5. The van der Waals surface area contributed by atoms with Crippen molar-refractivity contribution in [2.24, 2.45) is 17.8 Å². The molecule has 2 atom stereocenters. The van der Waals surface area contributed by atoms with Crippen LogP contribution in [-0.4, -0.2) is 90.7 Å². The van der Waals surface area contributed by atoms with Crippen LogP contribution in [-0.2, 0) is 14.4 Å². The number of anilines is 2. The number of likely N-dealkylation sites (tertiary alicyclic amines) is 3. The van der Waals surface area contributed by atoms with Crippen LogP contribution in [0.3, 0.4) is 0 Å². The number of nitrogens with one attached hydrogen (secondary N) is 1. The Morgan fingerprint density at radius 3 is 2.25 bits per heavy atom. The van der Waals surface area contributed by atoms with Crippen molar-refractivity contribution in [3.63, 3.8) is 0 Å². The lowest BCUT2D eigenvalue weighted by molar-refractivity contribution is -0.133. The van der Waals surface area contributed by atoms with Crippen LogP contribution in [0.1, 0.15) is 49.0 Å². The average Bonchev–Trinajstić information content (AvgIpc) is 3.55. The van der Waals surface area contributed by atoms with Crippen molar-refractivity contribution < 1.29 is 23.6 Å². The molecule has 2 unspecified atom stereocenters. The van der Waals surface area contributed by atoms with Crippen LogP contribution < -0.4 is 10.2 Å². The van der Waals surface area contributed by atoms with Gasteiger partial charge >= 0.3 is 0 Å². The molecule has 5 rings (SSSR count). The smallest absolute Gasteiger partial charge is 0.255 e. The van der Waals surface area contributed by atoms with Gasteiger partial charge in [-0.3, -0.25) is 19.2 Å². The minimum atomic E-state index is -0.511. The molecular weight excluding hydrogens is 585 g/mol. The van der Waals surface area contributed by atoms with E-state index in [0.717, 1.165) is 37.3 Å². The molecule has 2 aromatic rings. The van der Waals surface area contributed by atoms with Gasteiger partial charge < -0.3 is 24.9 Å². The van der Waals surface area contributed by atoms with Crippen LogP contribution in [0.2, 0.25) is 5.02 Å². The van der Waals surface area contributed by atoms with Crippen molar-refractivity contribution in [3.05, 3.63) is 58.4 Å². The molecule has 0 saturated carbocycles. The summed E-state index contributed by atoms with van der Waals surface area (Å²) in [5.74, 6) is -0.396. The fourth-order valence-electron chi connectivity index (χ4n) is 6.84. The predicted octanol–water partition coefficient (Wildman–Crippen LogP) is 4.43. The maximum atomic E-state index is 13.8. The third kappa shape index (κ3) is 7.24. The van der Waals surface area contributed by atoms with Crippen LogP contribution in [0.15, 0.2) is 36.4 Å². The van der Waals surface area contributed by atoms with E-state index in [4.69, 9.17) is 11.6 Å². The lowest BCUT2D eigenvalue weighted by Gasteiger charge is -2.34. The second kappa shape index (κ2) is 13.6. The Balaban J connectivity index is 1.17. The summed E-state index contributed by atoms with van der Waals surface area (Å²) in [6, 6.07) is 9.62. The van der Waals surface area contributed by atoms with Gasteiger partial charge in [-0.2, -0.15) is 0 Å². The van der Waals surface area contributed by atoms with Crippen LogP contribution >= 0.6 is 11.6 Å². The molecule has 0 spiro atoms. The van der Waals surface area contributed by atoms with E-state index < -0.39 is 5.82 Å². The van der Waals surface area contributed by atoms with Gasteiger partial charge in [-0.15, -0.1) is 0 Å². The highest BCUT2D eigenvalue weighted by Crippen LogP contribution is 2.33. The average molecular weight is 626 g/mol. The van der Waals surface area contributed by atoms with Gasteiger partial charge in [-0.05, 0) is 80.5 Å². The summed E-state index contributed by atoms with van der Waals surface area (Å²) >= 11 is 6.45. The zero-order chi connectivity index (χ0) is 31.5. The van der Waals surface area contributed by atoms with E-state index in [1.54, 1.807) is 11.8 Å². The summed E-state index contributed by atoms with van der Waals surface area (Å²) < 4.78 is 13.8. The number of carbonyl (C=O) groups excluding carboxylic acids is 4. The van der Waals surface area contributed by atoms with Crippen molar-refractivity contribution >= 4 is 46.6 Å². The van der Waals surface area contributed by atoms with Crippen molar-refractivity contribution in [1.82, 2.24) is 14.7 Å². The van der Waals surface area contributed by atoms with Gasteiger partial charge in [0.15, 0.2) is 0 Å². The lowest BCUT2D eigenvalue weighted by Crippen LogP contribution is -2.44. The Morgan fingerprint density at radius 1 is 0.955 bits per heavy atom. The molecule has 1 N–H and O–H groups in total. The number of fused-ring (bicyclic) bond motifs is 1. The molecule has 0 aromatic heterocycles. The van der Waals surface area contributed by atoms with E-state index in [1.165, 1.54) is 25.1 Å². The number of piperidine rings is 1. The molecule has 3 saturated heterocycles. The Hall–Kier alpha value is -3.50. The van der Waals surface area contributed by atoms with Crippen LogP contribution in [0.5, 0.6) is 0 Å². The molecule has 0 radical (unpaired) electrons. The Kier molecular flexibility index (Phi) is 9.90. The van der Waals surface area contributed by atoms with Crippen LogP contribution in [0.25, 0.3) is 0 Å². The Bertz CT molecular complexity index is 1410. The molecule has 9 nitrogen and oxygen atoms in total. The summed E-state index contributed by atoms with van der Waals surface area (Å²) in [4.78, 5) is 58.4. The van der Waals surface area contributed by atoms with Gasteiger partial charge in [-0.25, -0.2) is 4.39 Å². The second-order valence-corrected chi connectivity index (χ2v) is 12.8. The van der Waals surface area contributed by atoms with Gasteiger partial charge in [0.25, 0.3) is 5.91 Å². The van der Waals surface area contributed by atoms with Crippen molar-refractivity contribution in [3.8, 4) is 0 Å². The molecule has 2 aromatic carbocycles. The minimum absolute atomic E-state index is 0.0473. The number of rotatable bonds is 8. The van der Waals surface area contributed by atoms with Crippen LogP contribution in [0.4, 0.5) is 15.8 Å². The number of halogens is 2. The SMILES string of the molecule is CC(=O)Nc1cc(F)ccc1C(=O)N1CC2CN(CCCN(C(=O)C3CCN(C(C)=O)CC3)c3ccc(C)c(Cl)c3)CC2C1. The maximum Gasteiger partial charge on any atom is 0.255 e. The van der Waals surface area contributed by atoms with E-state index in [1.807, 2.05) is 34.9 Å². The number of nitrogens with zero attached hydrogens (tertiary/aromatic N) is 4. The Labute approximate surface area is 263 Å². The summed E-state index contributed by atoms with van der Waals surface area (Å²) in [7, 11) is 0. The van der Waals surface area contributed by atoms with Gasteiger partial charge in [0.05, 0.1) is 11.3 Å². The summed E-state index contributed by atoms with van der Waals surface area (Å²) in [5, 5.41) is 3.20. The molecule has 44 heavy (non-hydrogen) atoms. The maximum absolute atomic E-state index is 13.8. The molecular formula is C33H41ClFN5O4. The lowest BCUT2D eigenvalue weighted by atomic mass is 9.94. The predicted molar refractivity (Wildman–Crippen MR) is 168 cm³/mol. The molecule has 236 valence electrons. The molecule has 0 aliphatic carbocycles. The van der Waals surface area contributed by atoms with Crippen molar-refractivity contribution in [2.45, 2.75) is 40.0 Å². The first-order chi connectivity index (χ1) is 21.0.